The molecule has 1 rings (SSSR count). The van der Waals surface area contributed by atoms with Crippen molar-refractivity contribution < 1.29 is 4.74 Å². The average Bonchev–Trinajstić information content (AvgIpc) is 2.26. The largest absolute Gasteiger partial charge is 0.381 e. The molecular weight excluding hydrogens is 216 g/mol. The molecule has 0 spiro atoms. The summed E-state index contributed by atoms with van der Waals surface area (Å²) in [6, 6.07) is 0. The van der Waals surface area contributed by atoms with E-state index in [1.807, 2.05) is 0 Å². The summed E-state index contributed by atoms with van der Waals surface area (Å²) in [6.07, 6.45) is 9.26. The van der Waals surface area contributed by atoms with Crippen molar-refractivity contribution in [3.63, 3.8) is 0 Å². The number of hydrogen-bond acceptors (Lipinski definition) is 2. The van der Waals surface area contributed by atoms with Crippen LogP contribution in [0.5, 0.6) is 0 Å². The third-order valence-corrected chi connectivity index (χ3v) is 4.73. The van der Waals surface area contributed by atoms with Crippen molar-refractivity contribution in [1.82, 2.24) is 0 Å². The summed E-state index contributed by atoms with van der Waals surface area (Å²) in [6.45, 7) is 6.45. The van der Waals surface area contributed by atoms with Gasteiger partial charge in [0, 0.05) is 12.0 Å². The maximum Gasteiger partial charge on any atom is 0.0530 e. The molecule has 0 N–H and O–H groups in total. The second-order valence-corrected chi connectivity index (χ2v) is 5.76. The first-order valence-electron chi connectivity index (χ1n) is 6.95. The van der Waals surface area contributed by atoms with E-state index in [-0.39, 0.29) is 0 Å². The van der Waals surface area contributed by atoms with Gasteiger partial charge in [-0.15, -0.1) is 0 Å². The van der Waals surface area contributed by atoms with Gasteiger partial charge < -0.3 is 4.74 Å². The molecule has 0 radical (unpaired) electrons. The molecule has 0 saturated heterocycles. The molecular formula is C14H28OS. The minimum Gasteiger partial charge on any atom is -0.381 e. The topological polar surface area (TPSA) is 9.23 Å². The van der Waals surface area contributed by atoms with Crippen molar-refractivity contribution in [3.8, 4) is 0 Å². The lowest BCUT2D eigenvalue weighted by Crippen LogP contribution is -2.36. The van der Waals surface area contributed by atoms with Gasteiger partial charge in [0.05, 0.1) is 6.61 Å². The van der Waals surface area contributed by atoms with Crippen LogP contribution >= 0.6 is 12.6 Å². The molecule has 2 heteroatoms. The van der Waals surface area contributed by atoms with E-state index < -0.39 is 0 Å². The van der Waals surface area contributed by atoms with Crippen molar-refractivity contribution in [2.45, 2.75) is 58.8 Å². The Hall–Kier alpha value is 0.310. The van der Waals surface area contributed by atoms with Crippen LogP contribution in [0.15, 0.2) is 0 Å². The number of ether oxygens (including phenoxy) is 1. The molecule has 1 unspecified atom stereocenters. The molecule has 0 heterocycles. The molecule has 0 aromatic rings. The normalized spacial score (nSPS) is 20.4. The van der Waals surface area contributed by atoms with Gasteiger partial charge in [0.15, 0.2) is 0 Å². The van der Waals surface area contributed by atoms with Crippen LogP contribution in [0.1, 0.15) is 58.8 Å². The highest BCUT2D eigenvalue weighted by Gasteiger charge is 2.35. The van der Waals surface area contributed by atoms with Crippen LogP contribution in [0.3, 0.4) is 0 Å². The van der Waals surface area contributed by atoms with E-state index in [1.165, 1.54) is 44.9 Å². The fourth-order valence-electron chi connectivity index (χ4n) is 2.37. The van der Waals surface area contributed by atoms with E-state index in [0.29, 0.717) is 5.41 Å². The highest BCUT2D eigenvalue weighted by Crippen LogP contribution is 2.42. The van der Waals surface area contributed by atoms with Crippen LogP contribution in [0.2, 0.25) is 0 Å². The van der Waals surface area contributed by atoms with Crippen LogP contribution in [0.4, 0.5) is 0 Å². The van der Waals surface area contributed by atoms with Crippen LogP contribution < -0.4 is 0 Å². The molecule has 1 atom stereocenters. The zero-order valence-corrected chi connectivity index (χ0v) is 11.9. The van der Waals surface area contributed by atoms with Gasteiger partial charge in [0.25, 0.3) is 0 Å². The lowest BCUT2D eigenvalue weighted by Gasteiger charge is -2.40. The highest BCUT2D eigenvalue weighted by atomic mass is 32.1. The molecule has 1 saturated carbocycles. The zero-order chi connectivity index (χ0) is 11.9. The molecule has 0 aromatic carbocycles. The predicted molar refractivity (Wildman–Crippen MR) is 74.3 cm³/mol. The van der Waals surface area contributed by atoms with Gasteiger partial charge in [-0.1, -0.05) is 39.5 Å². The van der Waals surface area contributed by atoms with Crippen molar-refractivity contribution in [2.24, 2.45) is 11.3 Å². The Morgan fingerprint density at radius 2 is 2.06 bits per heavy atom. The van der Waals surface area contributed by atoms with Crippen LogP contribution in [-0.2, 0) is 4.74 Å². The first kappa shape index (κ1) is 14.4. The lowest BCUT2D eigenvalue weighted by atomic mass is 9.71. The summed E-state index contributed by atoms with van der Waals surface area (Å²) in [7, 11) is 0. The summed E-state index contributed by atoms with van der Waals surface area (Å²) in [5.74, 6) is 1.77. The van der Waals surface area contributed by atoms with Crippen LogP contribution in [-0.4, -0.2) is 19.0 Å². The summed E-state index contributed by atoms with van der Waals surface area (Å²) in [4.78, 5) is 0. The second-order valence-electron chi connectivity index (χ2n) is 5.44. The summed E-state index contributed by atoms with van der Waals surface area (Å²) < 4.78 is 5.93. The van der Waals surface area contributed by atoms with Gasteiger partial charge in [-0.3, -0.25) is 0 Å². The van der Waals surface area contributed by atoms with Gasteiger partial charge >= 0.3 is 0 Å². The molecule has 0 amide bonds. The predicted octanol–water partition coefficient (Wildman–Crippen LogP) is 4.32. The third-order valence-electron chi connectivity index (χ3n) is 4.05. The molecule has 0 aliphatic heterocycles. The first-order chi connectivity index (χ1) is 7.76. The summed E-state index contributed by atoms with van der Waals surface area (Å²) in [5.41, 5.74) is 0.437. The third kappa shape index (κ3) is 4.29. The average molecular weight is 244 g/mol. The van der Waals surface area contributed by atoms with E-state index in [0.717, 1.165) is 24.9 Å². The molecule has 1 nitrogen and oxygen atoms in total. The molecule has 1 aliphatic carbocycles. The monoisotopic (exact) mass is 244 g/mol. The number of unbranched alkanes of at least 4 members (excludes halogenated alkanes) is 1. The lowest BCUT2D eigenvalue weighted by molar-refractivity contribution is -0.00553. The Morgan fingerprint density at radius 1 is 1.31 bits per heavy atom. The highest BCUT2D eigenvalue weighted by molar-refractivity contribution is 7.80. The van der Waals surface area contributed by atoms with Gasteiger partial charge in [0.2, 0.25) is 0 Å². The van der Waals surface area contributed by atoms with E-state index in [9.17, 15) is 0 Å². The van der Waals surface area contributed by atoms with Gasteiger partial charge in [0.1, 0.15) is 0 Å². The first-order valence-corrected chi connectivity index (χ1v) is 7.58. The SMILES string of the molecule is CCCCC(CC)COCC1(CS)CCC1. The van der Waals surface area contributed by atoms with Gasteiger partial charge in [-0.2, -0.15) is 12.6 Å². The quantitative estimate of drug-likeness (QED) is 0.594. The summed E-state index contributed by atoms with van der Waals surface area (Å²) in [5, 5.41) is 0. The molecule has 16 heavy (non-hydrogen) atoms. The standard InChI is InChI=1S/C14H28OS/c1-3-5-7-13(4-2)10-15-11-14(12-16)8-6-9-14/h13,16H,3-12H2,1-2H3. The molecule has 0 bridgehead atoms. The van der Waals surface area contributed by atoms with E-state index in [1.54, 1.807) is 0 Å². The minimum atomic E-state index is 0.437. The Kier molecular flexibility index (Phi) is 6.83. The fraction of sp³-hybridized carbons (Fsp3) is 1.00. The van der Waals surface area contributed by atoms with Crippen LogP contribution in [0, 0.1) is 11.3 Å². The molecule has 0 aromatic heterocycles. The maximum absolute atomic E-state index is 5.93. The van der Waals surface area contributed by atoms with Crippen molar-refractivity contribution in [2.75, 3.05) is 19.0 Å². The van der Waals surface area contributed by atoms with Crippen molar-refractivity contribution in [1.29, 1.82) is 0 Å². The molecule has 1 fully saturated rings. The smallest absolute Gasteiger partial charge is 0.0530 e. The Balaban J connectivity index is 2.12. The Labute approximate surface area is 107 Å². The summed E-state index contributed by atoms with van der Waals surface area (Å²) >= 11 is 4.46. The Morgan fingerprint density at radius 3 is 2.50 bits per heavy atom. The number of thiol groups is 1. The van der Waals surface area contributed by atoms with Crippen LogP contribution in [0.25, 0.3) is 0 Å². The fourth-order valence-corrected chi connectivity index (χ4v) is 2.77. The second kappa shape index (κ2) is 7.60. The maximum atomic E-state index is 5.93. The van der Waals surface area contributed by atoms with Gasteiger partial charge in [-0.05, 0) is 30.9 Å². The van der Waals surface area contributed by atoms with Crippen molar-refractivity contribution >= 4 is 12.6 Å². The Bertz CT molecular complexity index is 172. The minimum absolute atomic E-state index is 0.437. The molecule has 96 valence electrons. The van der Waals surface area contributed by atoms with E-state index in [2.05, 4.69) is 26.5 Å². The zero-order valence-electron chi connectivity index (χ0n) is 11.0. The van der Waals surface area contributed by atoms with E-state index in [4.69, 9.17) is 4.74 Å². The van der Waals surface area contributed by atoms with E-state index >= 15 is 0 Å². The van der Waals surface area contributed by atoms with Crippen molar-refractivity contribution in [3.05, 3.63) is 0 Å². The molecule has 1 aliphatic rings. The number of hydrogen-bond donors (Lipinski definition) is 1. The van der Waals surface area contributed by atoms with Gasteiger partial charge in [-0.25, -0.2) is 0 Å². The number of rotatable bonds is 9.